The van der Waals surface area contributed by atoms with Gasteiger partial charge in [0.15, 0.2) is 0 Å². The SMILES string of the molecule is N=N/C(=C\NCCc1ccc(F)cc1)c1ccc2c(=O)n(-c3ccc(P)cc3)c(CCCCC(=O)SO)nc2c1. The minimum Gasteiger partial charge on any atom is -0.389 e. The predicted molar refractivity (Wildman–Crippen MR) is 161 cm³/mol. The highest BCUT2D eigenvalue weighted by Gasteiger charge is 2.15. The number of nitrogens with zero attached hydrogens (tertiary/aromatic N) is 3. The van der Waals surface area contributed by atoms with E-state index in [1.807, 2.05) is 24.3 Å². The summed E-state index contributed by atoms with van der Waals surface area (Å²) in [5.41, 5.74) is 10.6. The molecule has 0 fully saturated rings. The van der Waals surface area contributed by atoms with Crippen molar-refractivity contribution >= 4 is 48.3 Å². The quantitative estimate of drug-likeness (QED) is 0.0869. The molecule has 0 saturated heterocycles. The van der Waals surface area contributed by atoms with E-state index in [0.717, 1.165) is 10.9 Å². The van der Waals surface area contributed by atoms with E-state index in [4.69, 9.17) is 15.1 Å². The molecule has 40 heavy (non-hydrogen) atoms. The number of aromatic nitrogens is 2. The van der Waals surface area contributed by atoms with E-state index in [2.05, 4.69) is 19.7 Å². The van der Waals surface area contributed by atoms with Crippen molar-refractivity contribution in [2.24, 2.45) is 5.11 Å². The van der Waals surface area contributed by atoms with E-state index in [1.54, 1.807) is 41.1 Å². The van der Waals surface area contributed by atoms with Crippen LogP contribution in [0.15, 0.2) is 82.8 Å². The molecule has 3 N–H and O–H groups in total. The number of halogens is 1. The van der Waals surface area contributed by atoms with Gasteiger partial charge >= 0.3 is 0 Å². The number of hydrogen-bond acceptors (Lipinski definition) is 8. The summed E-state index contributed by atoms with van der Waals surface area (Å²) in [5, 5.41) is 7.93. The molecule has 1 unspecified atom stereocenters. The molecule has 0 saturated carbocycles. The number of hydrogen-bond donors (Lipinski definition) is 3. The Balaban J connectivity index is 1.61. The number of unbranched alkanes of at least 4 members (excludes halogenated alkanes) is 1. The third-order valence-electron chi connectivity index (χ3n) is 6.35. The van der Waals surface area contributed by atoms with Gasteiger partial charge in [0.25, 0.3) is 5.56 Å². The summed E-state index contributed by atoms with van der Waals surface area (Å²) in [6, 6.07) is 19.0. The second-order valence-electron chi connectivity index (χ2n) is 9.13. The standard InChI is InChI=1S/C29H29FN5O3PS/c30-21-8-5-19(6-9-21)15-16-32-18-26(34-31)20-7-14-24-25(17-20)33-27(3-1-2-4-28(36)40-38)35(29(24)37)22-10-12-23(39)13-11-22/h5-14,17-18,31-32,38H,1-4,15-16,39H2/b26-18-,34-31?. The first-order chi connectivity index (χ1) is 19.4. The van der Waals surface area contributed by atoms with Gasteiger partial charge in [-0.25, -0.2) is 14.9 Å². The summed E-state index contributed by atoms with van der Waals surface area (Å²) in [7, 11) is 2.62. The molecule has 1 aromatic heterocycles. The number of aryl methyl sites for hydroxylation is 1. The molecule has 8 nitrogen and oxygen atoms in total. The number of carbonyl (C=O) groups is 1. The predicted octanol–water partition coefficient (Wildman–Crippen LogP) is 5.63. The van der Waals surface area contributed by atoms with Gasteiger partial charge < -0.3 is 9.87 Å². The summed E-state index contributed by atoms with van der Waals surface area (Å²) >= 11 is 0.229. The first kappa shape index (κ1) is 29.3. The fourth-order valence-electron chi connectivity index (χ4n) is 4.26. The molecule has 1 atom stereocenters. The van der Waals surface area contributed by atoms with E-state index in [0.29, 0.717) is 65.9 Å². The van der Waals surface area contributed by atoms with Gasteiger partial charge in [-0.2, -0.15) is 5.11 Å². The fraction of sp³-hybridized carbons (Fsp3) is 0.207. The van der Waals surface area contributed by atoms with Gasteiger partial charge in [-0.15, -0.1) is 9.24 Å². The number of nitrogens with one attached hydrogen (secondary N) is 2. The van der Waals surface area contributed by atoms with Crippen LogP contribution in [0.4, 0.5) is 4.39 Å². The molecule has 0 aliphatic rings. The Labute approximate surface area is 237 Å². The monoisotopic (exact) mass is 577 g/mol. The zero-order chi connectivity index (χ0) is 28.5. The van der Waals surface area contributed by atoms with Gasteiger partial charge in [0.2, 0.25) is 5.12 Å². The Morgan fingerprint density at radius 3 is 2.55 bits per heavy atom. The van der Waals surface area contributed by atoms with Crippen molar-refractivity contribution in [1.29, 1.82) is 5.53 Å². The second kappa shape index (κ2) is 14.1. The smallest absolute Gasteiger partial charge is 0.265 e. The average molecular weight is 578 g/mol. The number of rotatable bonds is 12. The maximum absolute atomic E-state index is 13.7. The van der Waals surface area contributed by atoms with Crippen LogP contribution < -0.4 is 16.2 Å². The highest BCUT2D eigenvalue weighted by atomic mass is 32.2. The number of carbonyl (C=O) groups excluding carboxylic acids is 1. The molecule has 0 aliphatic carbocycles. The molecule has 0 bridgehead atoms. The van der Waals surface area contributed by atoms with Crippen LogP contribution in [0.2, 0.25) is 0 Å². The van der Waals surface area contributed by atoms with Crippen LogP contribution in [0, 0.1) is 11.3 Å². The van der Waals surface area contributed by atoms with Crippen molar-refractivity contribution in [1.82, 2.24) is 14.9 Å². The lowest BCUT2D eigenvalue weighted by Crippen LogP contribution is -2.24. The van der Waals surface area contributed by atoms with Crippen LogP contribution in [0.1, 0.15) is 36.2 Å². The van der Waals surface area contributed by atoms with Gasteiger partial charge in [-0.3, -0.25) is 14.2 Å². The zero-order valence-electron chi connectivity index (χ0n) is 21.6. The molecule has 4 rings (SSSR count). The third kappa shape index (κ3) is 7.47. The van der Waals surface area contributed by atoms with E-state index in [9.17, 15) is 14.0 Å². The van der Waals surface area contributed by atoms with Crippen molar-refractivity contribution in [3.05, 3.63) is 106 Å². The molecule has 206 valence electrons. The average Bonchev–Trinajstić information content (AvgIpc) is 2.96. The van der Waals surface area contributed by atoms with Crippen LogP contribution in [0.25, 0.3) is 22.3 Å². The Kier molecular flexibility index (Phi) is 10.3. The molecule has 0 radical (unpaired) electrons. The van der Waals surface area contributed by atoms with Gasteiger partial charge in [0.1, 0.15) is 17.3 Å². The molecule has 0 amide bonds. The Bertz CT molecular complexity index is 1590. The van der Waals surface area contributed by atoms with Crippen molar-refractivity contribution in [2.75, 3.05) is 6.54 Å². The first-order valence-electron chi connectivity index (χ1n) is 12.7. The Morgan fingerprint density at radius 1 is 1.10 bits per heavy atom. The van der Waals surface area contributed by atoms with Crippen LogP contribution >= 0.6 is 21.3 Å². The van der Waals surface area contributed by atoms with Crippen molar-refractivity contribution in [2.45, 2.75) is 32.1 Å². The highest BCUT2D eigenvalue weighted by Crippen LogP contribution is 2.21. The summed E-state index contributed by atoms with van der Waals surface area (Å²) in [6.07, 6.45) is 4.16. The zero-order valence-corrected chi connectivity index (χ0v) is 23.6. The molecule has 11 heteroatoms. The summed E-state index contributed by atoms with van der Waals surface area (Å²) in [4.78, 5) is 30.0. The topological polar surface area (TPSA) is 120 Å². The lowest BCUT2D eigenvalue weighted by molar-refractivity contribution is -0.111. The number of benzene rings is 3. The normalized spacial score (nSPS) is 11.5. The molecule has 0 aliphatic heterocycles. The molecule has 1 heterocycles. The molecule has 0 spiro atoms. The lowest BCUT2D eigenvalue weighted by Gasteiger charge is -2.14. The minimum atomic E-state index is -0.297. The van der Waals surface area contributed by atoms with E-state index in [-0.39, 0.29) is 35.0 Å². The Morgan fingerprint density at radius 2 is 1.85 bits per heavy atom. The van der Waals surface area contributed by atoms with Crippen molar-refractivity contribution in [3.63, 3.8) is 0 Å². The minimum absolute atomic E-state index is 0.212. The second-order valence-corrected chi connectivity index (χ2v) is 10.4. The fourth-order valence-corrected chi connectivity index (χ4v) is 4.69. The molecule has 3 aromatic carbocycles. The summed E-state index contributed by atoms with van der Waals surface area (Å²) in [5.74, 6) is 0.279. The van der Waals surface area contributed by atoms with E-state index >= 15 is 0 Å². The number of fused-ring (bicyclic) bond motifs is 1. The first-order valence-corrected chi connectivity index (χ1v) is 14.1. The lowest BCUT2D eigenvalue weighted by atomic mass is 10.1. The highest BCUT2D eigenvalue weighted by molar-refractivity contribution is 8.08. The maximum atomic E-state index is 13.7. The summed E-state index contributed by atoms with van der Waals surface area (Å²) < 4.78 is 23.6. The van der Waals surface area contributed by atoms with Crippen LogP contribution in [0.5, 0.6) is 0 Å². The van der Waals surface area contributed by atoms with Crippen LogP contribution in [0.3, 0.4) is 0 Å². The summed E-state index contributed by atoms with van der Waals surface area (Å²) in [6.45, 7) is 0.567. The van der Waals surface area contributed by atoms with Gasteiger partial charge in [0, 0.05) is 31.1 Å². The molecule has 4 aromatic rings. The van der Waals surface area contributed by atoms with E-state index in [1.165, 1.54) is 12.1 Å². The van der Waals surface area contributed by atoms with Crippen molar-refractivity contribution < 1.29 is 13.7 Å². The Hall–Kier alpha value is -3.72. The molecular formula is C29H29FN5O3PS. The van der Waals surface area contributed by atoms with Crippen LogP contribution in [-0.4, -0.2) is 25.8 Å². The van der Waals surface area contributed by atoms with E-state index < -0.39 is 0 Å². The largest absolute Gasteiger partial charge is 0.389 e. The third-order valence-corrected chi connectivity index (χ3v) is 7.14. The van der Waals surface area contributed by atoms with Gasteiger partial charge in [-0.1, -0.05) is 30.3 Å². The maximum Gasteiger partial charge on any atom is 0.265 e. The van der Waals surface area contributed by atoms with Gasteiger partial charge in [-0.05, 0) is 66.5 Å². The van der Waals surface area contributed by atoms with Gasteiger partial charge in [0.05, 0.1) is 28.6 Å². The molecular weight excluding hydrogens is 548 g/mol. The van der Waals surface area contributed by atoms with Crippen molar-refractivity contribution in [3.8, 4) is 5.69 Å². The van der Waals surface area contributed by atoms with Crippen LogP contribution in [-0.2, 0) is 17.6 Å².